The number of aromatic nitrogens is 2. The predicted octanol–water partition coefficient (Wildman–Crippen LogP) is 3.04. The summed E-state index contributed by atoms with van der Waals surface area (Å²) >= 11 is 0. The Morgan fingerprint density at radius 2 is 1.88 bits per heavy atom. The van der Waals surface area contributed by atoms with Gasteiger partial charge in [-0.25, -0.2) is 4.98 Å². The summed E-state index contributed by atoms with van der Waals surface area (Å²) in [6, 6.07) is 14.4. The van der Waals surface area contributed by atoms with Crippen LogP contribution in [-0.4, -0.2) is 34.5 Å². The minimum absolute atomic E-state index is 0.0708. The zero-order chi connectivity index (χ0) is 23.2. The lowest BCUT2D eigenvalue weighted by Gasteiger charge is -2.14. The second-order valence-corrected chi connectivity index (χ2v) is 8.27. The van der Waals surface area contributed by atoms with Gasteiger partial charge in [0.15, 0.2) is 0 Å². The monoisotopic (exact) mass is 448 g/mol. The van der Waals surface area contributed by atoms with Gasteiger partial charge in [-0.3, -0.25) is 19.0 Å². The molecule has 0 aliphatic heterocycles. The van der Waals surface area contributed by atoms with Gasteiger partial charge in [0.1, 0.15) is 18.0 Å². The van der Waals surface area contributed by atoms with Crippen molar-refractivity contribution in [3.63, 3.8) is 0 Å². The van der Waals surface area contributed by atoms with Gasteiger partial charge >= 0.3 is 0 Å². The van der Waals surface area contributed by atoms with Crippen molar-refractivity contribution in [3.05, 3.63) is 64.6 Å². The summed E-state index contributed by atoms with van der Waals surface area (Å²) in [4.78, 5) is 42.8. The molecule has 1 aliphatic rings. The molecule has 0 radical (unpaired) electrons. The van der Waals surface area contributed by atoms with Crippen LogP contribution in [0.5, 0.6) is 5.75 Å². The topological polar surface area (TPSA) is 102 Å². The number of fused-ring (bicyclic) bond motifs is 1. The van der Waals surface area contributed by atoms with E-state index >= 15 is 0 Å². The summed E-state index contributed by atoms with van der Waals surface area (Å²) in [6.07, 6.45) is 4.70. The van der Waals surface area contributed by atoms with E-state index in [0.29, 0.717) is 22.5 Å². The molecule has 2 N–H and O–H groups in total. The summed E-state index contributed by atoms with van der Waals surface area (Å²) in [5.74, 6) is 0.211. The van der Waals surface area contributed by atoms with Crippen molar-refractivity contribution in [1.82, 2.24) is 14.9 Å². The van der Waals surface area contributed by atoms with Crippen molar-refractivity contribution in [1.29, 1.82) is 0 Å². The van der Waals surface area contributed by atoms with E-state index in [1.807, 2.05) is 6.07 Å². The van der Waals surface area contributed by atoms with Crippen LogP contribution in [-0.2, 0) is 22.6 Å². The van der Waals surface area contributed by atoms with Crippen LogP contribution in [0.4, 0.5) is 5.69 Å². The fourth-order valence-corrected chi connectivity index (χ4v) is 4.21. The maximum atomic E-state index is 13.2. The molecule has 0 spiro atoms. The molecule has 8 nitrogen and oxygen atoms in total. The summed E-state index contributed by atoms with van der Waals surface area (Å²) < 4.78 is 6.61. The van der Waals surface area contributed by atoms with Crippen molar-refractivity contribution >= 4 is 28.5 Å². The van der Waals surface area contributed by atoms with Gasteiger partial charge in [-0.15, -0.1) is 0 Å². The molecule has 172 valence electrons. The molecule has 0 bridgehead atoms. The number of rotatable bonds is 8. The van der Waals surface area contributed by atoms with Crippen LogP contribution in [0, 0.1) is 0 Å². The molecule has 1 aromatic heterocycles. The van der Waals surface area contributed by atoms with E-state index in [-0.39, 0.29) is 48.5 Å². The lowest BCUT2D eigenvalue weighted by Crippen LogP contribution is -2.34. The molecule has 1 heterocycles. The van der Waals surface area contributed by atoms with Crippen LogP contribution in [0.1, 0.15) is 37.8 Å². The van der Waals surface area contributed by atoms with Gasteiger partial charge in [-0.1, -0.05) is 31.0 Å². The zero-order valence-electron chi connectivity index (χ0n) is 18.7. The molecule has 1 aliphatic carbocycles. The van der Waals surface area contributed by atoms with Gasteiger partial charge in [-0.05, 0) is 37.1 Å². The van der Waals surface area contributed by atoms with Crippen LogP contribution >= 0.6 is 0 Å². The number of hydrogen-bond donors (Lipinski definition) is 2. The van der Waals surface area contributed by atoms with E-state index in [9.17, 15) is 14.4 Å². The smallest absolute Gasteiger partial charge is 0.273 e. The quantitative estimate of drug-likeness (QED) is 0.552. The number of ether oxygens (including phenoxy) is 1. The first-order valence-corrected chi connectivity index (χ1v) is 11.2. The molecule has 2 amide bonds. The van der Waals surface area contributed by atoms with Gasteiger partial charge < -0.3 is 15.4 Å². The number of hydrogen-bond acceptors (Lipinski definition) is 5. The van der Waals surface area contributed by atoms with Crippen molar-refractivity contribution in [3.8, 4) is 5.75 Å². The summed E-state index contributed by atoms with van der Waals surface area (Å²) in [5, 5.41) is 5.84. The molecule has 3 aromatic rings. The molecular weight excluding hydrogens is 420 g/mol. The molecule has 8 heteroatoms. The minimum Gasteiger partial charge on any atom is -0.497 e. The first-order valence-electron chi connectivity index (χ1n) is 11.2. The maximum absolute atomic E-state index is 13.2. The number of methoxy groups -OCH3 is 1. The lowest BCUT2D eigenvalue weighted by atomic mass is 10.2. The highest BCUT2D eigenvalue weighted by atomic mass is 16.5. The van der Waals surface area contributed by atoms with Gasteiger partial charge in [0.2, 0.25) is 11.8 Å². The Labute approximate surface area is 192 Å². The lowest BCUT2D eigenvalue weighted by molar-refractivity contribution is -0.121. The predicted molar refractivity (Wildman–Crippen MR) is 126 cm³/mol. The third-order valence-corrected chi connectivity index (χ3v) is 5.88. The molecule has 0 saturated heterocycles. The van der Waals surface area contributed by atoms with Gasteiger partial charge in [0, 0.05) is 30.6 Å². The number of nitrogens with one attached hydrogen (secondary N) is 2. The van der Waals surface area contributed by atoms with E-state index in [2.05, 4.69) is 15.6 Å². The highest BCUT2D eigenvalue weighted by Crippen LogP contribution is 2.18. The number of carbonyl (C=O) groups excluding carboxylic acids is 2. The highest BCUT2D eigenvalue weighted by molar-refractivity contribution is 5.91. The fourth-order valence-electron chi connectivity index (χ4n) is 4.21. The fraction of sp³-hybridized carbons (Fsp3) is 0.360. The number of aryl methyl sites for hydroxylation is 1. The number of amides is 2. The Morgan fingerprint density at radius 1 is 1.09 bits per heavy atom. The second-order valence-electron chi connectivity index (χ2n) is 8.27. The first kappa shape index (κ1) is 22.5. The van der Waals surface area contributed by atoms with Crippen LogP contribution in [0.15, 0.2) is 53.3 Å². The Bertz CT molecular complexity index is 1210. The number of benzene rings is 2. The van der Waals surface area contributed by atoms with Crippen LogP contribution in [0.25, 0.3) is 11.0 Å². The van der Waals surface area contributed by atoms with Crippen LogP contribution < -0.4 is 20.9 Å². The molecule has 0 unspecified atom stereocenters. The SMILES string of the molecule is COc1cccc(NC(=O)Cn2c(=O)c(CCC(=O)NC3CCCC3)nc3ccccc32)c1. The van der Waals surface area contributed by atoms with Crippen LogP contribution in [0.3, 0.4) is 0 Å². The zero-order valence-corrected chi connectivity index (χ0v) is 18.7. The highest BCUT2D eigenvalue weighted by Gasteiger charge is 2.19. The minimum atomic E-state index is -0.358. The van der Waals surface area contributed by atoms with E-state index in [1.165, 1.54) is 4.57 Å². The number of para-hydroxylation sites is 2. The first-order chi connectivity index (χ1) is 16.0. The van der Waals surface area contributed by atoms with Crippen molar-refractivity contribution < 1.29 is 14.3 Å². The maximum Gasteiger partial charge on any atom is 0.273 e. The van der Waals surface area contributed by atoms with Crippen LogP contribution in [0.2, 0.25) is 0 Å². The molecular formula is C25H28N4O4. The van der Waals surface area contributed by atoms with Gasteiger partial charge in [-0.2, -0.15) is 0 Å². The number of nitrogens with zero attached hydrogens (tertiary/aromatic N) is 2. The molecule has 33 heavy (non-hydrogen) atoms. The van der Waals surface area contributed by atoms with E-state index < -0.39 is 0 Å². The Morgan fingerprint density at radius 3 is 2.67 bits per heavy atom. The van der Waals surface area contributed by atoms with Crippen molar-refractivity contribution in [2.75, 3.05) is 12.4 Å². The van der Waals surface area contributed by atoms with Crippen molar-refractivity contribution in [2.24, 2.45) is 0 Å². The second kappa shape index (κ2) is 10.3. The van der Waals surface area contributed by atoms with E-state index in [1.54, 1.807) is 49.6 Å². The van der Waals surface area contributed by atoms with E-state index in [0.717, 1.165) is 25.7 Å². The van der Waals surface area contributed by atoms with Gasteiger partial charge in [0.05, 0.1) is 18.1 Å². The standard InChI is InChI=1S/C25H28N4O4/c1-33-19-10-6-9-18(15-19)27-24(31)16-29-22-12-5-4-11-20(22)28-21(25(29)32)13-14-23(30)26-17-7-2-3-8-17/h4-6,9-12,15,17H,2-3,7-8,13-14,16H2,1H3,(H,26,30)(H,27,31). The summed E-state index contributed by atoms with van der Waals surface area (Å²) in [7, 11) is 1.55. The molecule has 0 atom stereocenters. The molecule has 2 aromatic carbocycles. The summed E-state index contributed by atoms with van der Waals surface area (Å²) in [6.45, 7) is -0.166. The third-order valence-electron chi connectivity index (χ3n) is 5.88. The Hall–Kier alpha value is -3.68. The average molecular weight is 449 g/mol. The van der Waals surface area contributed by atoms with Crippen molar-refractivity contribution in [2.45, 2.75) is 51.1 Å². The van der Waals surface area contributed by atoms with E-state index in [4.69, 9.17) is 4.74 Å². The summed E-state index contributed by atoms with van der Waals surface area (Å²) in [5.41, 5.74) is 1.68. The molecule has 1 fully saturated rings. The molecule has 1 saturated carbocycles. The number of carbonyl (C=O) groups is 2. The Kier molecular flexibility index (Phi) is 7.02. The average Bonchev–Trinajstić information content (AvgIpc) is 3.33. The van der Waals surface area contributed by atoms with Gasteiger partial charge in [0.25, 0.3) is 5.56 Å². The number of anilines is 1. The Balaban J connectivity index is 1.52. The normalized spacial score (nSPS) is 13.7. The molecule has 4 rings (SSSR count). The third kappa shape index (κ3) is 5.58. The largest absolute Gasteiger partial charge is 0.497 e.